The van der Waals surface area contributed by atoms with E-state index in [0.717, 1.165) is 15.7 Å². The minimum Gasteiger partial charge on any atom is -0.350 e. The maximum absolute atomic E-state index is 14.6. The summed E-state index contributed by atoms with van der Waals surface area (Å²) in [4.78, 5) is 8.62. The molecule has 162 valence electrons. The van der Waals surface area contributed by atoms with E-state index in [1.54, 1.807) is 0 Å². The van der Waals surface area contributed by atoms with Crippen LogP contribution >= 0.6 is 11.6 Å². The highest BCUT2D eigenvalue weighted by Crippen LogP contribution is 2.40. The highest BCUT2D eigenvalue weighted by atomic mass is 35.5. The maximum Gasteiger partial charge on any atom is 0.405 e. The van der Waals surface area contributed by atoms with E-state index in [2.05, 4.69) is 15.1 Å². The monoisotopic (exact) mass is 467 g/mol. The lowest BCUT2D eigenvalue weighted by molar-refractivity contribution is -0.119. The van der Waals surface area contributed by atoms with Crippen LogP contribution in [0.1, 0.15) is 0 Å². The predicted molar refractivity (Wildman–Crippen MR) is 103 cm³/mol. The third kappa shape index (κ3) is 4.69. The topological polar surface area (TPSA) is 46.3 Å². The molecule has 30 heavy (non-hydrogen) atoms. The number of anilines is 1. The van der Waals surface area contributed by atoms with Crippen LogP contribution in [0.25, 0.3) is 16.9 Å². The van der Waals surface area contributed by atoms with Gasteiger partial charge < -0.3 is 4.90 Å². The summed E-state index contributed by atoms with van der Waals surface area (Å²) in [7, 11) is -2.19. The van der Waals surface area contributed by atoms with Crippen LogP contribution in [0.15, 0.2) is 18.5 Å². The molecule has 2 heterocycles. The lowest BCUT2D eigenvalue weighted by Crippen LogP contribution is -2.45. The van der Waals surface area contributed by atoms with Gasteiger partial charge in [-0.2, -0.15) is 32.8 Å². The van der Waals surface area contributed by atoms with Crippen molar-refractivity contribution < 1.29 is 26.3 Å². The van der Waals surface area contributed by atoms with Gasteiger partial charge in [0.1, 0.15) is 41.3 Å². The molecule has 0 aliphatic heterocycles. The molecule has 1 aromatic carbocycles. The molecule has 0 aliphatic carbocycles. The van der Waals surface area contributed by atoms with Crippen molar-refractivity contribution >= 4 is 31.3 Å². The average molecular weight is 468 g/mol. The molecule has 0 amide bonds. The first kappa shape index (κ1) is 22.3. The highest BCUT2D eigenvalue weighted by Gasteiger charge is 2.37. The first-order chi connectivity index (χ1) is 13.8. The predicted octanol–water partition coefficient (Wildman–Crippen LogP) is 5.11. The van der Waals surface area contributed by atoms with Gasteiger partial charge in [0.25, 0.3) is 5.78 Å². The molecule has 0 atom stereocenters. The van der Waals surface area contributed by atoms with E-state index in [4.69, 9.17) is 11.6 Å². The van der Waals surface area contributed by atoms with E-state index >= 15 is 0 Å². The van der Waals surface area contributed by atoms with E-state index in [-0.39, 0.29) is 17.8 Å². The van der Waals surface area contributed by atoms with Crippen LogP contribution in [-0.2, 0) is 0 Å². The van der Waals surface area contributed by atoms with Crippen LogP contribution < -0.4 is 4.90 Å². The lowest BCUT2D eigenvalue weighted by Gasteiger charge is -2.33. The fourth-order valence-corrected chi connectivity index (χ4v) is 4.75. The number of aromatic nitrogens is 4. The molecule has 0 fully saturated rings. The number of nitrogens with zero attached hydrogens (tertiary/aromatic N) is 5. The average Bonchev–Trinajstić information content (AvgIpc) is 2.98. The van der Waals surface area contributed by atoms with Crippen molar-refractivity contribution in [1.29, 1.82) is 0 Å². The second kappa shape index (κ2) is 7.73. The van der Waals surface area contributed by atoms with Crippen molar-refractivity contribution in [2.45, 2.75) is 25.8 Å². The third-order valence-electron chi connectivity index (χ3n) is 3.95. The number of fused-ring (bicyclic) bond motifs is 1. The number of rotatable bonds is 5. The maximum atomic E-state index is 14.6. The molecular weight excluding hydrogens is 452 g/mol. The van der Waals surface area contributed by atoms with Gasteiger partial charge in [-0.05, 0) is 0 Å². The van der Waals surface area contributed by atoms with Gasteiger partial charge in [0.05, 0.1) is 19.2 Å². The van der Waals surface area contributed by atoms with Gasteiger partial charge in [-0.15, -0.1) is 0 Å². The largest absolute Gasteiger partial charge is 0.405 e. The third-order valence-corrected chi connectivity index (χ3v) is 5.55. The van der Waals surface area contributed by atoms with Crippen molar-refractivity contribution in [3.8, 4) is 11.1 Å². The van der Waals surface area contributed by atoms with Crippen LogP contribution in [0.2, 0.25) is 24.8 Å². The van der Waals surface area contributed by atoms with Crippen LogP contribution in [-0.4, -0.2) is 46.5 Å². The first-order valence-electron chi connectivity index (χ1n) is 8.63. The Hall–Kier alpha value is -2.34. The van der Waals surface area contributed by atoms with Gasteiger partial charge in [-0.3, -0.25) is 0 Å². The Balaban J connectivity index is 2.39. The summed E-state index contributed by atoms with van der Waals surface area (Å²) in [6.45, 7) is 4.06. The Morgan fingerprint density at radius 1 is 1.07 bits per heavy atom. The molecule has 5 nitrogen and oxygen atoms in total. The molecule has 3 aromatic rings. The number of benzene rings is 1. The molecule has 0 saturated carbocycles. The standard InChI is InChI=1S/C17H16ClF6N5Si/c1-30(2,3)8-28(6-17(22,23)24)15-13(12-10(20)4-9(19)5-11(12)21)14(18)27-16-25-7-26-29(15)16/h4-5,7H,6,8H2,1-3H3. The molecule has 0 unspecified atom stereocenters. The number of hydrogen-bond acceptors (Lipinski definition) is 4. The van der Waals surface area contributed by atoms with E-state index < -0.39 is 54.5 Å². The van der Waals surface area contributed by atoms with Crippen molar-refractivity contribution in [3.63, 3.8) is 0 Å². The van der Waals surface area contributed by atoms with Gasteiger partial charge in [-0.1, -0.05) is 31.2 Å². The van der Waals surface area contributed by atoms with E-state index in [9.17, 15) is 26.3 Å². The van der Waals surface area contributed by atoms with E-state index in [1.807, 2.05) is 19.6 Å². The zero-order chi connectivity index (χ0) is 22.4. The van der Waals surface area contributed by atoms with Crippen LogP contribution in [0.3, 0.4) is 0 Å². The zero-order valence-electron chi connectivity index (χ0n) is 16.0. The molecule has 0 saturated heterocycles. The van der Waals surface area contributed by atoms with Gasteiger partial charge >= 0.3 is 6.18 Å². The van der Waals surface area contributed by atoms with Crippen LogP contribution in [0, 0.1) is 17.5 Å². The van der Waals surface area contributed by atoms with Crippen LogP contribution in [0.5, 0.6) is 0 Å². The molecule has 0 N–H and O–H groups in total. The smallest absolute Gasteiger partial charge is 0.350 e. The summed E-state index contributed by atoms with van der Waals surface area (Å²) in [6, 6.07) is 0.827. The Morgan fingerprint density at radius 2 is 1.67 bits per heavy atom. The Bertz CT molecular complexity index is 1060. The summed E-state index contributed by atoms with van der Waals surface area (Å²) in [5.41, 5.74) is -1.27. The summed E-state index contributed by atoms with van der Waals surface area (Å²) < 4.78 is 83.8. The highest BCUT2D eigenvalue weighted by molar-refractivity contribution is 6.76. The van der Waals surface area contributed by atoms with E-state index in [0.29, 0.717) is 12.1 Å². The molecule has 13 heteroatoms. The number of alkyl halides is 3. The molecule has 0 aliphatic rings. The van der Waals surface area contributed by atoms with Crippen molar-refractivity contribution in [1.82, 2.24) is 19.6 Å². The molecule has 0 bridgehead atoms. The van der Waals surface area contributed by atoms with Crippen LogP contribution in [0.4, 0.5) is 32.2 Å². The summed E-state index contributed by atoms with van der Waals surface area (Å²) in [5.74, 6) is -4.33. The lowest BCUT2D eigenvalue weighted by atomic mass is 10.1. The summed E-state index contributed by atoms with van der Waals surface area (Å²) >= 11 is 6.15. The van der Waals surface area contributed by atoms with E-state index in [1.165, 1.54) is 0 Å². The first-order valence-corrected chi connectivity index (χ1v) is 12.7. The van der Waals surface area contributed by atoms with Gasteiger partial charge in [0.15, 0.2) is 0 Å². The van der Waals surface area contributed by atoms with Gasteiger partial charge in [-0.25, -0.2) is 13.2 Å². The van der Waals surface area contributed by atoms with Crippen molar-refractivity contribution in [2.75, 3.05) is 17.6 Å². The fraction of sp³-hybridized carbons (Fsp3) is 0.353. The molecule has 2 aromatic heterocycles. The molecule has 0 spiro atoms. The number of halogens is 7. The normalized spacial score (nSPS) is 12.6. The van der Waals surface area contributed by atoms with Gasteiger partial charge in [0.2, 0.25) is 0 Å². The Morgan fingerprint density at radius 3 is 2.20 bits per heavy atom. The zero-order valence-corrected chi connectivity index (χ0v) is 17.8. The van der Waals surface area contributed by atoms with Crippen molar-refractivity contribution in [3.05, 3.63) is 41.1 Å². The molecule has 0 radical (unpaired) electrons. The second-order valence-corrected chi connectivity index (χ2v) is 13.6. The SMILES string of the molecule is C[Si](C)(C)CN(CC(F)(F)F)c1c(-c2c(F)cc(F)cc2F)c(Cl)nc2ncnn12. The Labute approximate surface area is 173 Å². The second-order valence-electron chi connectivity index (χ2n) is 7.85. The number of hydrogen-bond donors (Lipinski definition) is 0. The molecular formula is C17H16ClF6N5Si. The summed E-state index contributed by atoms with van der Waals surface area (Å²) in [5, 5.41) is 3.39. The quantitative estimate of drug-likeness (QED) is 0.297. The summed E-state index contributed by atoms with van der Waals surface area (Å²) in [6.07, 6.45) is -3.65. The van der Waals surface area contributed by atoms with Gasteiger partial charge in [0, 0.05) is 18.3 Å². The minimum absolute atomic E-state index is 0.0424. The Kier molecular flexibility index (Phi) is 5.75. The molecule has 3 rings (SSSR count). The van der Waals surface area contributed by atoms with Crippen molar-refractivity contribution in [2.24, 2.45) is 0 Å². The minimum atomic E-state index is -4.64. The fourth-order valence-electron chi connectivity index (χ4n) is 3.09.